The highest BCUT2D eigenvalue weighted by Gasteiger charge is 2.19. The fourth-order valence-electron chi connectivity index (χ4n) is 2.40. The van der Waals surface area contributed by atoms with E-state index in [0.29, 0.717) is 0 Å². The van der Waals surface area contributed by atoms with Gasteiger partial charge >= 0.3 is 0 Å². The number of carbonyl (C=O) groups excluding carboxylic acids is 1. The molecule has 1 aliphatic rings. The van der Waals surface area contributed by atoms with Crippen LogP contribution in [0.1, 0.15) is 29.6 Å². The van der Waals surface area contributed by atoms with Gasteiger partial charge in [0.25, 0.3) is 5.91 Å². The van der Waals surface area contributed by atoms with Gasteiger partial charge in [0.05, 0.1) is 0 Å². The Labute approximate surface area is 119 Å². The molecule has 1 amide bonds. The molecule has 1 fully saturated rings. The van der Waals surface area contributed by atoms with Crippen molar-refractivity contribution in [3.63, 3.8) is 0 Å². The van der Waals surface area contributed by atoms with E-state index in [-0.39, 0.29) is 5.91 Å². The first-order chi connectivity index (χ1) is 9.84. The van der Waals surface area contributed by atoms with Crippen molar-refractivity contribution in [3.05, 3.63) is 48.0 Å². The monoisotopic (exact) mass is 268 g/mol. The van der Waals surface area contributed by atoms with Crippen molar-refractivity contribution in [2.75, 3.05) is 13.1 Å². The van der Waals surface area contributed by atoms with Crippen LogP contribution in [0.25, 0.3) is 10.8 Å². The molecule has 2 aromatic carbocycles. The van der Waals surface area contributed by atoms with Crippen LogP contribution in [-0.4, -0.2) is 25.0 Å². The molecule has 0 bridgehead atoms. The van der Waals surface area contributed by atoms with Crippen molar-refractivity contribution in [3.8, 4) is 0 Å². The number of hydrogen-bond donors (Lipinski definition) is 2. The van der Waals surface area contributed by atoms with Gasteiger partial charge < -0.3 is 10.6 Å². The molecular weight excluding hydrogens is 248 g/mol. The molecule has 0 heterocycles. The third kappa shape index (κ3) is 3.17. The molecule has 3 heteroatoms. The van der Waals surface area contributed by atoms with E-state index in [1.807, 2.05) is 42.5 Å². The molecule has 3 nitrogen and oxygen atoms in total. The molecular formula is C17H20N2O. The molecule has 0 radical (unpaired) electrons. The highest BCUT2D eigenvalue weighted by atomic mass is 16.1. The molecule has 0 spiro atoms. The zero-order valence-electron chi connectivity index (χ0n) is 11.6. The average molecular weight is 268 g/mol. The molecule has 0 aromatic heterocycles. The fraction of sp³-hybridized carbons (Fsp3) is 0.353. The van der Waals surface area contributed by atoms with Crippen molar-refractivity contribution in [2.45, 2.75) is 25.3 Å². The minimum absolute atomic E-state index is 0.0215. The van der Waals surface area contributed by atoms with Gasteiger partial charge in [-0.25, -0.2) is 0 Å². The smallest absolute Gasteiger partial charge is 0.251 e. The van der Waals surface area contributed by atoms with E-state index < -0.39 is 0 Å². The number of rotatable bonds is 6. The first-order valence-corrected chi connectivity index (χ1v) is 7.34. The Kier molecular flexibility index (Phi) is 3.97. The predicted octanol–water partition coefficient (Wildman–Crippen LogP) is 2.71. The molecule has 3 rings (SSSR count). The molecule has 1 saturated carbocycles. The summed E-state index contributed by atoms with van der Waals surface area (Å²) in [5, 5.41) is 8.58. The molecule has 0 unspecified atom stereocenters. The van der Waals surface area contributed by atoms with Crippen LogP contribution in [0.4, 0.5) is 0 Å². The van der Waals surface area contributed by atoms with Crippen molar-refractivity contribution >= 4 is 16.7 Å². The molecule has 104 valence electrons. The second-order valence-corrected chi connectivity index (χ2v) is 5.36. The largest absolute Gasteiger partial charge is 0.352 e. The Morgan fingerprint density at radius 2 is 1.85 bits per heavy atom. The van der Waals surface area contributed by atoms with Gasteiger partial charge in [0, 0.05) is 18.2 Å². The first-order valence-electron chi connectivity index (χ1n) is 7.34. The lowest BCUT2D eigenvalue weighted by molar-refractivity contribution is 0.0955. The number of fused-ring (bicyclic) bond motifs is 1. The fourth-order valence-corrected chi connectivity index (χ4v) is 2.40. The average Bonchev–Trinajstić information content (AvgIpc) is 3.30. The maximum absolute atomic E-state index is 12.2. The van der Waals surface area contributed by atoms with Crippen LogP contribution in [0.2, 0.25) is 0 Å². The van der Waals surface area contributed by atoms with E-state index >= 15 is 0 Å². The summed E-state index contributed by atoms with van der Waals surface area (Å²) >= 11 is 0. The summed E-state index contributed by atoms with van der Waals surface area (Å²) in [7, 11) is 0. The predicted molar refractivity (Wildman–Crippen MR) is 81.9 cm³/mol. The Morgan fingerprint density at radius 1 is 1.05 bits per heavy atom. The van der Waals surface area contributed by atoms with Crippen molar-refractivity contribution < 1.29 is 4.79 Å². The number of amides is 1. The first kappa shape index (κ1) is 13.1. The standard InChI is InChI=1S/C17H20N2O/c20-17(19-12-4-11-18-14-9-10-14)16-8-3-6-13-5-1-2-7-15(13)16/h1-3,5-8,14,18H,4,9-12H2,(H,19,20). The second-order valence-electron chi connectivity index (χ2n) is 5.36. The molecule has 0 saturated heterocycles. The lowest BCUT2D eigenvalue weighted by Crippen LogP contribution is -2.28. The van der Waals surface area contributed by atoms with Crippen LogP contribution in [0.15, 0.2) is 42.5 Å². The van der Waals surface area contributed by atoms with Gasteiger partial charge in [-0.05, 0) is 42.6 Å². The van der Waals surface area contributed by atoms with Crippen molar-refractivity contribution in [1.29, 1.82) is 0 Å². The van der Waals surface area contributed by atoms with Crippen molar-refractivity contribution in [1.82, 2.24) is 10.6 Å². The van der Waals surface area contributed by atoms with Gasteiger partial charge in [-0.2, -0.15) is 0 Å². The van der Waals surface area contributed by atoms with Gasteiger partial charge in [-0.1, -0.05) is 36.4 Å². The van der Waals surface area contributed by atoms with E-state index in [4.69, 9.17) is 0 Å². The van der Waals surface area contributed by atoms with Crippen LogP contribution < -0.4 is 10.6 Å². The van der Waals surface area contributed by atoms with Crippen molar-refractivity contribution in [2.24, 2.45) is 0 Å². The summed E-state index contributed by atoms with van der Waals surface area (Å²) in [4.78, 5) is 12.2. The van der Waals surface area contributed by atoms with Gasteiger partial charge in [-0.3, -0.25) is 4.79 Å². The third-order valence-electron chi connectivity index (χ3n) is 3.68. The SMILES string of the molecule is O=C(NCCCNC1CC1)c1cccc2ccccc12. The minimum atomic E-state index is 0.0215. The summed E-state index contributed by atoms with van der Waals surface area (Å²) < 4.78 is 0. The molecule has 0 aliphatic heterocycles. The van der Waals surface area contributed by atoms with Gasteiger partial charge in [0.15, 0.2) is 0 Å². The lowest BCUT2D eigenvalue weighted by atomic mass is 10.0. The zero-order valence-corrected chi connectivity index (χ0v) is 11.6. The number of carbonyl (C=O) groups is 1. The van der Waals surface area contributed by atoms with E-state index in [9.17, 15) is 4.79 Å². The Morgan fingerprint density at radius 3 is 2.70 bits per heavy atom. The summed E-state index contributed by atoms with van der Waals surface area (Å²) in [6, 6.07) is 14.6. The second kappa shape index (κ2) is 6.06. The van der Waals surface area contributed by atoms with Gasteiger partial charge in [0.1, 0.15) is 0 Å². The molecule has 1 aliphatic carbocycles. The summed E-state index contributed by atoms with van der Waals surface area (Å²) in [5.41, 5.74) is 0.762. The van der Waals surface area contributed by atoms with E-state index in [2.05, 4.69) is 10.6 Å². The normalized spacial score (nSPS) is 14.4. The topological polar surface area (TPSA) is 41.1 Å². The summed E-state index contributed by atoms with van der Waals surface area (Å²) in [6.07, 6.45) is 3.59. The maximum Gasteiger partial charge on any atom is 0.251 e. The molecule has 2 aromatic rings. The molecule has 0 atom stereocenters. The van der Waals surface area contributed by atoms with Crippen LogP contribution in [-0.2, 0) is 0 Å². The summed E-state index contributed by atoms with van der Waals surface area (Å²) in [5.74, 6) is 0.0215. The van der Waals surface area contributed by atoms with Gasteiger partial charge in [0.2, 0.25) is 0 Å². The number of benzene rings is 2. The number of nitrogens with one attached hydrogen (secondary N) is 2. The maximum atomic E-state index is 12.2. The molecule has 2 N–H and O–H groups in total. The number of hydrogen-bond acceptors (Lipinski definition) is 2. The lowest BCUT2D eigenvalue weighted by Gasteiger charge is -2.08. The van der Waals surface area contributed by atoms with E-state index in [1.165, 1.54) is 12.8 Å². The highest BCUT2D eigenvalue weighted by molar-refractivity contribution is 6.06. The van der Waals surface area contributed by atoms with Gasteiger partial charge in [-0.15, -0.1) is 0 Å². The summed E-state index contributed by atoms with van der Waals surface area (Å²) in [6.45, 7) is 1.71. The Bertz CT molecular complexity index is 599. The minimum Gasteiger partial charge on any atom is -0.352 e. The zero-order chi connectivity index (χ0) is 13.8. The van der Waals surface area contributed by atoms with Crippen LogP contribution in [0, 0.1) is 0 Å². The molecule has 20 heavy (non-hydrogen) atoms. The van der Waals surface area contributed by atoms with E-state index in [1.54, 1.807) is 0 Å². The Hall–Kier alpha value is -1.87. The van der Waals surface area contributed by atoms with Crippen LogP contribution in [0.3, 0.4) is 0 Å². The third-order valence-corrected chi connectivity index (χ3v) is 3.68. The highest BCUT2D eigenvalue weighted by Crippen LogP contribution is 2.19. The quantitative estimate of drug-likeness (QED) is 0.791. The van der Waals surface area contributed by atoms with E-state index in [0.717, 1.165) is 41.9 Å². The van der Waals surface area contributed by atoms with Crippen LogP contribution in [0.5, 0.6) is 0 Å². The van der Waals surface area contributed by atoms with Crippen LogP contribution >= 0.6 is 0 Å². The Balaban J connectivity index is 1.57.